The first-order chi connectivity index (χ1) is 6.34. The Labute approximate surface area is 131 Å². The van der Waals surface area contributed by atoms with Crippen molar-refractivity contribution in [1.82, 2.24) is 0 Å². The van der Waals surface area contributed by atoms with Gasteiger partial charge in [-0.3, -0.25) is 0 Å². The van der Waals surface area contributed by atoms with Gasteiger partial charge in [0, 0.05) is 0 Å². The van der Waals surface area contributed by atoms with Crippen LogP contribution in [0.4, 0.5) is 0 Å². The van der Waals surface area contributed by atoms with Gasteiger partial charge >= 0.3 is 51.4 Å². The molecule has 0 fully saturated rings. The number of benzene rings is 1. The van der Waals surface area contributed by atoms with Crippen LogP contribution >= 0.6 is 0 Å². The molecule has 1 aromatic carbocycles. The summed E-state index contributed by atoms with van der Waals surface area (Å²) in [6.45, 7) is 2.21. The topological polar surface area (TPSA) is 20.2 Å². The molecular weight excluding hydrogens is 199 g/mol. The number of phenolic OH excluding ortho intramolecular Hbond substituents is 1. The van der Waals surface area contributed by atoms with Crippen molar-refractivity contribution in [2.45, 2.75) is 39.0 Å². The molecule has 2 heteroatoms. The minimum Gasteiger partial charge on any atom is -1.00 e. The van der Waals surface area contributed by atoms with Crippen LogP contribution in [0.3, 0.4) is 0 Å². The van der Waals surface area contributed by atoms with E-state index in [1.54, 1.807) is 6.07 Å². The molecule has 1 rings (SSSR count). The van der Waals surface area contributed by atoms with Crippen LogP contribution in [0.2, 0.25) is 0 Å². The van der Waals surface area contributed by atoms with Gasteiger partial charge in [0.05, 0.1) is 0 Å². The molecule has 0 radical (unpaired) electrons. The summed E-state index contributed by atoms with van der Waals surface area (Å²) in [6.07, 6.45) is 6.03. The smallest absolute Gasteiger partial charge is 1.00 e. The second-order valence-corrected chi connectivity index (χ2v) is 3.44. The Kier molecular flexibility index (Phi) is 9.34. The van der Waals surface area contributed by atoms with Gasteiger partial charge in [-0.05, 0) is 24.5 Å². The molecule has 1 nitrogen and oxygen atoms in total. The fourth-order valence-corrected chi connectivity index (χ4v) is 1.46. The summed E-state index contributed by atoms with van der Waals surface area (Å²) in [5.41, 5.74) is 1.08. The van der Waals surface area contributed by atoms with Gasteiger partial charge in [0.25, 0.3) is 0 Å². The zero-order chi connectivity index (χ0) is 9.52. The molecule has 1 N–H and O–H groups in total. The Morgan fingerprint density at radius 3 is 2.50 bits per heavy atom. The number of phenols is 1. The van der Waals surface area contributed by atoms with Gasteiger partial charge in [0.2, 0.25) is 0 Å². The van der Waals surface area contributed by atoms with E-state index in [0.29, 0.717) is 5.75 Å². The van der Waals surface area contributed by atoms with Crippen LogP contribution in [0.25, 0.3) is 0 Å². The Hall–Kier alpha value is 0.656. The summed E-state index contributed by atoms with van der Waals surface area (Å²) in [5.74, 6) is 0.444. The number of aryl methyl sites for hydroxylation is 1. The number of hydrogen-bond donors (Lipinski definition) is 1. The number of rotatable bonds is 5. The van der Waals surface area contributed by atoms with E-state index in [9.17, 15) is 5.11 Å². The summed E-state index contributed by atoms with van der Waals surface area (Å²) in [4.78, 5) is 0. The van der Waals surface area contributed by atoms with Crippen LogP contribution in [-0.2, 0) is 6.42 Å². The Bertz CT molecular complexity index is 253. The molecule has 0 heterocycles. The van der Waals surface area contributed by atoms with Gasteiger partial charge in [-0.1, -0.05) is 44.4 Å². The standard InChI is InChI=1S/C12H18O.K.H/c1-2-3-4-5-8-11-9-6-7-10-12(11)13;;/h6-7,9-10,13H,2-5,8H2,1H3;;/q;+1;-1. The van der Waals surface area contributed by atoms with Crippen LogP contribution in [-0.4, -0.2) is 5.11 Å². The van der Waals surface area contributed by atoms with E-state index in [-0.39, 0.29) is 52.8 Å². The van der Waals surface area contributed by atoms with E-state index in [4.69, 9.17) is 0 Å². The number of unbranched alkanes of at least 4 members (excludes halogenated alkanes) is 3. The van der Waals surface area contributed by atoms with Crippen molar-refractivity contribution in [3.05, 3.63) is 29.8 Å². The van der Waals surface area contributed by atoms with Crippen LogP contribution in [0.15, 0.2) is 24.3 Å². The van der Waals surface area contributed by atoms with Crippen molar-refractivity contribution in [1.29, 1.82) is 0 Å². The van der Waals surface area contributed by atoms with Gasteiger partial charge in [-0.15, -0.1) is 0 Å². The Balaban J connectivity index is 0. The molecule has 74 valence electrons. The Morgan fingerprint density at radius 1 is 1.14 bits per heavy atom. The fraction of sp³-hybridized carbons (Fsp3) is 0.500. The van der Waals surface area contributed by atoms with E-state index in [1.165, 1.54) is 25.7 Å². The average Bonchev–Trinajstić information content (AvgIpc) is 2.15. The number of hydrogen-bond acceptors (Lipinski definition) is 1. The number of para-hydroxylation sites is 1. The van der Waals surface area contributed by atoms with Crippen LogP contribution in [0.1, 0.15) is 39.6 Å². The zero-order valence-electron chi connectivity index (χ0n) is 10.3. The van der Waals surface area contributed by atoms with Gasteiger partial charge in [0.1, 0.15) is 5.75 Å². The van der Waals surface area contributed by atoms with Crippen molar-refractivity contribution >= 4 is 0 Å². The maximum absolute atomic E-state index is 9.47. The second-order valence-electron chi connectivity index (χ2n) is 3.44. The normalized spacial score (nSPS) is 9.50. The molecule has 0 spiro atoms. The van der Waals surface area contributed by atoms with Crippen molar-refractivity contribution in [3.63, 3.8) is 0 Å². The largest absolute Gasteiger partial charge is 1.00 e. The van der Waals surface area contributed by atoms with Crippen LogP contribution in [0.5, 0.6) is 5.75 Å². The molecule has 0 aromatic heterocycles. The van der Waals surface area contributed by atoms with E-state index >= 15 is 0 Å². The monoisotopic (exact) mass is 218 g/mol. The van der Waals surface area contributed by atoms with Gasteiger partial charge in [-0.2, -0.15) is 0 Å². The van der Waals surface area contributed by atoms with Crippen molar-refractivity contribution in [2.75, 3.05) is 0 Å². The summed E-state index contributed by atoms with van der Waals surface area (Å²) in [6, 6.07) is 7.61. The first kappa shape index (κ1) is 14.7. The zero-order valence-corrected chi connectivity index (χ0v) is 12.4. The molecule has 0 unspecified atom stereocenters. The van der Waals surface area contributed by atoms with Crippen molar-refractivity contribution < 1.29 is 57.9 Å². The first-order valence-electron chi connectivity index (χ1n) is 5.11. The molecule has 14 heavy (non-hydrogen) atoms. The molecule has 0 amide bonds. The quantitative estimate of drug-likeness (QED) is 0.568. The Morgan fingerprint density at radius 2 is 1.86 bits per heavy atom. The summed E-state index contributed by atoms with van der Waals surface area (Å²) < 4.78 is 0. The van der Waals surface area contributed by atoms with Crippen LogP contribution in [0, 0.1) is 0 Å². The molecule has 0 aliphatic carbocycles. The number of aromatic hydroxyl groups is 1. The second kappa shape index (κ2) is 8.92. The third-order valence-corrected chi connectivity index (χ3v) is 2.29. The third-order valence-electron chi connectivity index (χ3n) is 2.29. The predicted octanol–water partition coefficient (Wildman–Crippen LogP) is 0.631. The fourth-order valence-electron chi connectivity index (χ4n) is 1.46. The van der Waals surface area contributed by atoms with Gasteiger partial charge in [0.15, 0.2) is 0 Å². The molecular formula is C12H19KO. The maximum Gasteiger partial charge on any atom is 1.00 e. The predicted molar refractivity (Wildman–Crippen MR) is 57.1 cm³/mol. The molecule has 0 atom stereocenters. The first-order valence-corrected chi connectivity index (χ1v) is 5.11. The minimum absolute atomic E-state index is 0. The molecule has 0 aliphatic rings. The molecule has 0 saturated carbocycles. The molecule has 0 saturated heterocycles. The minimum atomic E-state index is 0. The van der Waals surface area contributed by atoms with Crippen LogP contribution < -0.4 is 51.4 Å². The average molecular weight is 218 g/mol. The van der Waals surface area contributed by atoms with Crippen molar-refractivity contribution in [3.8, 4) is 5.75 Å². The van der Waals surface area contributed by atoms with Crippen molar-refractivity contribution in [2.24, 2.45) is 0 Å². The molecule has 1 aromatic rings. The molecule has 0 bridgehead atoms. The summed E-state index contributed by atoms with van der Waals surface area (Å²) >= 11 is 0. The summed E-state index contributed by atoms with van der Waals surface area (Å²) in [5, 5.41) is 9.47. The van der Waals surface area contributed by atoms with E-state index in [0.717, 1.165) is 12.0 Å². The van der Waals surface area contributed by atoms with E-state index in [1.807, 2.05) is 18.2 Å². The maximum atomic E-state index is 9.47. The summed E-state index contributed by atoms with van der Waals surface area (Å²) in [7, 11) is 0. The van der Waals surface area contributed by atoms with Gasteiger partial charge in [-0.25, -0.2) is 0 Å². The SMILES string of the molecule is CCCCCCc1ccccc1O.[H-].[K+]. The molecule has 0 aliphatic heterocycles. The van der Waals surface area contributed by atoms with E-state index in [2.05, 4.69) is 6.92 Å². The van der Waals surface area contributed by atoms with Gasteiger partial charge < -0.3 is 6.53 Å². The third kappa shape index (κ3) is 5.52. The van der Waals surface area contributed by atoms with E-state index < -0.39 is 0 Å².